The van der Waals surface area contributed by atoms with Gasteiger partial charge in [-0.1, -0.05) is 43.7 Å². The molecule has 1 aliphatic heterocycles. The zero-order chi connectivity index (χ0) is 25.5. The summed E-state index contributed by atoms with van der Waals surface area (Å²) in [4.78, 5) is 12.3. The SMILES string of the molecule is CCCCOc1ccc(C2C(C#N)=C(N)Oc3cc(OC(=O)COc4cccc(C)c4)ccc32)cc1. The first kappa shape index (κ1) is 24.7. The molecule has 184 valence electrons. The highest BCUT2D eigenvalue weighted by molar-refractivity contribution is 5.74. The minimum atomic E-state index is -0.552. The summed E-state index contributed by atoms with van der Waals surface area (Å²) >= 11 is 0. The molecular weight excluding hydrogens is 456 g/mol. The van der Waals surface area contributed by atoms with Gasteiger partial charge in [-0.2, -0.15) is 5.26 Å². The second-order valence-corrected chi connectivity index (χ2v) is 8.47. The van der Waals surface area contributed by atoms with E-state index in [9.17, 15) is 10.1 Å². The minimum absolute atomic E-state index is 0.0181. The minimum Gasteiger partial charge on any atom is -0.494 e. The van der Waals surface area contributed by atoms with Crippen LogP contribution in [0.15, 0.2) is 78.2 Å². The van der Waals surface area contributed by atoms with E-state index in [0.717, 1.165) is 35.3 Å². The first-order valence-electron chi connectivity index (χ1n) is 11.8. The molecular formula is C29H28N2O5. The van der Waals surface area contributed by atoms with Gasteiger partial charge >= 0.3 is 5.97 Å². The fourth-order valence-electron chi connectivity index (χ4n) is 3.94. The van der Waals surface area contributed by atoms with Crippen molar-refractivity contribution in [1.29, 1.82) is 5.26 Å². The monoisotopic (exact) mass is 484 g/mol. The molecule has 0 saturated heterocycles. The van der Waals surface area contributed by atoms with Crippen LogP contribution in [-0.4, -0.2) is 19.2 Å². The van der Waals surface area contributed by atoms with Crippen molar-refractivity contribution in [3.8, 4) is 29.1 Å². The third kappa shape index (κ3) is 5.78. The van der Waals surface area contributed by atoms with Gasteiger partial charge in [-0.25, -0.2) is 4.79 Å². The molecule has 1 heterocycles. The van der Waals surface area contributed by atoms with Gasteiger partial charge < -0.3 is 24.7 Å². The fraction of sp³-hybridized carbons (Fsp3) is 0.241. The Labute approximate surface area is 210 Å². The lowest BCUT2D eigenvalue weighted by Crippen LogP contribution is -2.21. The molecule has 0 fully saturated rings. The third-order valence-electron chi connectivity index (χ3n) is 5.75. The summed E-state index contributed by atoms with van der Waals surface area (Å²) in [6, 6.07) is 22.2. The van der Waals surface area contributed by atoms with Crippen LogP contribution in [0.5, 0.6) is 23.0 Å². The normalized spacial score (nSPS) is 14.3. The van der Waals surface area contributed by atoms with E-state index in [1.54, 1.807) is 24.3 Å². The van der Waals surface area contributed by atoms with Gasteiger partial charge in [0.25, 0.3) is 0 Å². The smallest absolute Gasteiger partial charge is 0.349 e. The lowest BCUT2D eigenvalue weighted by atomic mass is 9.83. The van der Waals surface area contributed by atoms with Crippen LogP contribution in [0.1, 0.15) is 42.4 Å². The molecule has 0 radical (unpaired) electrons. The van der Waals surface area contributed by atoms with E-state index < -0.39 is 11.9 Å². The summed E-state index contributed by atoms with van der Waals surface area (Å²) in [6.07, 6.45) is 2.04. The van der Waals surface area contributed by atoms with Crippen LogP contribution < -0.4 is 24.7 Å². The van der Waals surface area contributed by atoms with Gasteiger partial charge in [0.2, 0.25) is 5.88 Å². The van der Waals surface area contributed by atoms with Gasteiger partial charge in [0.15, 0.2) is 6.61 Å². The number of esters is 1. The number of hydrogen-bond donors (Lipinski definition) is 1. The van der Waals surface area contributed by atoms with E-state index in [-0.39, 0.29) is 12.5 Å². The molecule has 7 heteroatoms. The molecule has 3 aromatic rings. The average molecular weight is 485 g/mol. The number of benzene rings is 3. The van der Waals surface area contributed by atoms with Crippen molar-refractivity contribution in [2.45, 2.75) is 32.6 Å². The average Bonchev–Trinajstić information content (AvgIpc) is 2.87. The molecule has 1 atom stereocenters. The number of nitrogens with two attached hydrogens (primary N) is 1. The van der Waals surface area contributed by atoms with E-state index in [0.29, 0.717) is 29.4 Å². The first-order valence-corrected chi connectivity index (χ1v) is 11.8. The van der Waals surface area contributed by atoms with Crippen LogP contribution in [0.3, 0.4) is 0 Å². The molecule has 0 amide bonds. The van der Waals surface area contributed by atoms with E-state index in [2.05, 4.69) is 13.0 Å². The molecule has 36 heavy (non-hydrogen) atoms. The van der Waals surface area contributed by atoms with Gasteiger partial charge in [-0.3, -0.25) is 0 Å². The molecule has 0 spiro atoms. The molecule has 7 nitrogen and oxygen atoms in total. The maximum absolute atomic E-state index is 12.3. The lowest BCUT2D eigenvalue weighted by molar-refractivity contribution is -0.136. The molecule has 3 aromatic carbocycles. The van der Waals surface area contributed by atoms with Crippen LogP contribution in [-0.2, 0) is 4.79 Å². The largest absolute Gasteiger partial charge is 0.494 e. The molecule has 2 N–H and O–H groups in total. The van der Waals surface area contributed by atoms with Gasteiger partial charge in [-0.15, -0.1) is 0 Å². The fourth-order valence-corrected chi connectivity index (χ4v) is 3.94. The zero-order valence-electron chi connectivity index (χ0n) is 20.3. The van der Waals surface area contributed by atoms with Crippen molar-refractivity contribution < 1.29 is 23.7 Å². The molecule has 0 saturated carbocycles. The topological polar surface area (TPSA) is 104 Å². The number of aryl methyl sites for hydroxylation is 1. The number of rotatable bonds is 9. The van der Waals surface area contributed by atoms with Gasteiger partial charge in [0.1, 0.15) is 34.6 Å². The Morgan fingerprint density at radius 1 is 1.03 bits per heavy atom. The summed E-state index contributed by atoms with van der Waals surface area (Å²) in [5.41, 5.74) is 9.07. The molecule has 0 aromatic heterocycles. The summed E-state index contributed by atoms with van der Waals surface area (Å²) in [5, 5.41) is 9.78. The van der Waals surface area contributed by atoms with Crippen molar-refractivity contribution in [2.24, 2.45) is 5.73 Å². The number of carbonyl (C=O) groups is 1. The second-order valence-electron chi connectivity index (χ2n) is 8.47. The number of hydrogen-bond acceptors (Lipinski definition) is 7. The van der Waals surface area contributed by atoms with Crippen molar-refractivity contribution in [1.82, 2.24) is 0 Å². The van der Waals surface area contributed by atoms with Crippen molar-refractivity contribution in [2.75, 3.05) is 13.2 Å². The van der Waals surface area contributed by atoms with Crippen LogP contribution in [0.4, 0.5) is 0 Å². The van der Waals surface area contributed by atoms with E-state index in [1.165, 1.54) is 0 Å². The molecule has 0 bridgehead atoms. The standard InChI is InChI=1S/C29H28N2O5/c1-3-4-14-33-21-10-8-20(9-11-21)28-24-13-12-23(16-26(24)36-29(31)25(28)17-30)35-27(32)18-34-22-7-5-6-19(2)15-22/h5-13,15-16,28H,3-4,14,18,31H2,1-2H3. The Bertz CT molecular complexity index is 1310. The summed E-state index contributed by atoms with van der Waals surface area (Å²) in [6.45, 7) is 4.47. The second kappa shape index (κ2) is 11.3. The Morgan fingerprint density at radius 2 is 1.81 bits per heavy atom. The van der Waals surface area contributed by atoms with Crippen molar-refractivity contribution >= 4 is 5.97 Å². The summed E-state index contributed by atoms with van der Waals surface area (Å²) in [5.74, 6) is 1.12. The number of nitrogens with zero attached hydrogens (tertiary/aromatic N) is 1. The van der Waals surface area contributed by atoms with Crippen molar-refractivity contribution in [3.63, 3.8) is 0 Å². The Balaban J connectivity index is 1.50. The maximum atomic E-state index is 12.3. The quantitative estimate of drug-likeness (QED) is 0.247. The number of ether oxygens (including phenoxy) is 4. The number of fused-ring (bicyclic) bond motifs is 1. The number of nitriles is 1. The highest BCUT2D eigenvalue weighted by atomic mass is 16.6. The van der Waals surface area contributed by atoms with Gasteiger partial charge in [-0.05, 0) is 54.8 Å². The Morgan fingerprint density at radius 3 is 2.53 bits per heavy atom. The number of allylic oxidation sites excluding steroid dienone is 1. The summed E-state index contributed by atoms with van der Waals surface area (Å²) in [7, 11) is 0. The molecule has 4 rings (SSSR count). The highest BCUT2D eigenvalue weighted by Gasteiger charge is 2.31. The van der Waals surface area contributed by atoms with Crippen LogP contribution in [0.25, 0.3) is 0 Å². The molecule has 0 aliphatic carbocycles. The van der Waals surface area contributed by atoms with Crippen LogP contribution in [0.2, 0.25) is 0 Å². The van der Waals surface area contributed by atoms with Crippen LogP contribution in [0, 0.1) is 18.3 Å². The Hall–Kier alpha value is -4.44. The molecule has 1 unspecified atom stereocenters. The predicted octanol–water partition coefficient (Wildman–Crippen LogP) is 5.38. The van der Waals surface area contributed by atoms with E-state index in [4.69, 9.17) is 24.7 Å². The summed E-state index contributed by atoms with van der Waals surface area (Å²) < 4.78 is 22.4. The third-order valence-corrected chi connectivity index (χ3v) is 5.75. The van der Waals surface area contributed by atoms with Gasteiger partial charge in [0, 0.05) is 11.6 Å². The van der Waals surface area contributed by atoms with Crippen LogP contribution >= 0.6 is 0 Å². The zero-order valence-corrected chi connectivity index (χ0v) is 20.3. The van der Waals surface area contributed by atoms with E-state index in [1.807, 2.05) is 49.4 Å². The van der Waals surface area contributed by atoms with Crippen molar-refractivity contribution in [3.05, 3.63) is 94.9 Å². The number of carbonyl (C=O) groups excluding carboxylic acids is 1. The maximum Gasteiger partial charge on any atom is 0.349 e. The predicted molar refractivity (Wildman–Crippen MR) is 135 cm³/mol. The Kier molecular flexibility index (Phi) is 7.76. The highest BCUT2D eigenvalue weighted by Crippen LogP contribution is 2.43. The number of unbranched alkanes of at least 4 members (excludes halogenated alkanes) is 1. The van der Waals surface area contributed by atoms with Gasteiger partial charge in [0.05, 0.1) is 12.5 Å². The van der Waals surface area contributed by atoms with E-state index >= 15 is 0 Å². The first-order chi connectivity index (χ1) is 17.5. The lowest BCUT2D eigenvalue weighted by Gasteiger charge is -2.26. The molecule has 1 aliphatic rings.